The highest BCUT2D eigenvalue weighted by molar-refractivity contribution is 5.95. The molecule has 0 aliphatic carbocycles. The van der Waals surface area contributed by atoms with E-state index in [1.54, 1.807) is 0 Å². The van der Waals surface area contributed by atoms with Crippen molar-refractivity contribution in [2.45, 2.75) is 6.92 Å². The molecule has 1 aromatic carbocycles. The zero-order chi connectivity index (χ0) is 17.4. The Morgan fingerprint density at radius 1 is 0.913 bits per heavy atom. The Balaban J connectivity index is 2.82. The fourth-order valence-corrected chi connectivity index (χ4v) is 1.59. The molecular weight excluding hydrogens is 308 g/mol. The predicted octanol–water partition coefficient (Wildman–Crippen LogP) is 0.0365. The molecule has 0 saturated carbocycles. The molecule has 0 unspecified atom stereocenters. The van der Waals surface area contributed by atoms with Gasteiger partial charge >= 0.3 is 5.97 Å². The molecule has 0 spiro atoms. The second kappa shape index (κ2) is 8.47. The molecular formula is C14H18N2O7. The number of carbonyl (C=O) groups excluding carboxylic acids is 3. The van der Waals surface area contributed by atoms with Crippen molar-refractivity contribution in [1.29, 1.82) is 0 Å². The normalized spacial score (nSPS) is 9.57. The number of hydrogen-bond acceptors (Lipinski definition) is 7. The number of benzene rings is 1. The van der Waals surface area contributed by atoms with E-state index in [4.69, 9.17) is 18.9 Å². The number of nitrogens with one attached hydrogen (secondary N) is 2. The van der Waals surface area contributed by atoms with Crippen molar-refractivity contribution in [3.63, 3.8) is 0 Å². The van der Waals surface area contributed by atoms with Crippen LogP contribution in [0.25, 0.3) is 0 Å². The summed E-state index contributed by atoms with van der Waals surface area (Å²) in [6.45, 7) is 0.650. The maximum atomic E-state index is 12.1. The Morgan fingerprint density at radius 2 is 1.48 bits per heavy atom. The number of rotatable bonds is 6. The molecule has 2 amide bonds. The van der Waals surface area contributed by atoms with E-state index in [1.165, 1.54) is 40.4 Å². The van der Waals surface area contributed by atoms with Crippen LogP contribution in [-0.4, -0.2) is 45.7 Å². The van der Waals surface area contributed by atoms with Crippen LogP contribution in [0, 0.1) is 0 Å². The van der Waals surface area contributed by atoms with Gasteiger partial charge in [-0.3, -0.25) is 20.4 Å². The van der Waals surface area contributed by atoms with E-state index in [1.807, 2.05) is 0 Å². The molecule has 0 saturated heterocycles. The Hall–Kier alpha value is -2.97. The van der Waals surface area contributed by atoms with Crippen molar-refractivity contribution in [1.82, 2.24) is 10.9 Å². The van der Waals surface area contributed by atoms with Gasteiger partial charge in [0.15, 0.2) is 18.1 Å². The highest BCUT2D eigenvalue weighted by atomic mass is 16.5. The van der Waals surface area contributed by atoms with E-state index in [0.717, 1.165) is 0 Å². The van der Waals surface area contributed by atoms with Crippen LogP contribution in [0.5, 0.6) is 17.2 Å². The van der Waals surface area contributed by atoms with E-state index in [2.05, 4.69) is 10.9 Å². The van der Waals surface area contributed by atoms with Gasteiger partial charge in [-0.15, -0.1) is 0 Å². The number of hydrazine groups is 1. The summed E-state index contributed by atoms with van der Waals surface area (Å²) in [7, 11) is 4.24. The van der Waals surface area contributed by atoms with Gasteiger partial charge in [0.05, 0.1) is 21.3 Å². The maximum Gasteiger partial charge on any atom is 0.342 e. The molecule has 9 heteroatoms. The van der Waals surface area contributed by atoms with Crippen molar-refractivity contribution >= 4 is 17.8 Å². The van der Waals surface area contributed by atoms with E-state index < -0.39 is 24.4 Å². The topological polar surface area (TPSA) is 112 Å². The average Bonchev–Trinajstić information content (AvgIpc) is 2.56. The van der Waals surface area contributed by atoms with Crippen LogP contribution in [0.15, 0.2) is 12.1 Å². The fourth-order valence-electron chi connectivity index (χ4n) is 1.59. The van der Waals surface area contributed by atoms with Gasteiger partial charge in [0.1, 0.15) is 11.3 Å². The highest BCUT2D eigenvalue weighted by Gasteiger charge is 2.19. The lowest BCUT2D eigenvalue weighted by Gasteiger charge is -2.13. The molecule has 0 atom stereocenters. The number of amides is 2. The molecule has 0 bridgehead atoms. The van der Waals surface area contributed by atoms with Gasteiger partial charge in [-0.25, -0.2) is 4.79 Å². The SMILES string of the molecule is COc1cc(OC)c(C(=O)OCC(=O)NNC(C)=O)cc1OC. The predicted molar refractivity (Wildman–Crippen MR) is 78.3 cm³/mol. The van der Waals surface area contributed by atoms with Crippen LogP contribution >= 0.6 is 0 Å². The summed E-state index contributed by atoms with van der Waals surface area (Å²) in [6, 6.07) is 2.85. The summed E-state index contributed by atoms with van der Waals surface area (Å²) in [5.74, 6) is -1.04. The minimum Gasteiger partial charge on any atom is -0.496 e. The number of methoxy groups -OCH3 is 3. The van der Waals surface area contributed by atoms with Crippen molar-refractivity contribution in [3.8, 4) is 17.2 Å². The van der Waals surface area contributed by atoms with Crippen LogP contribution in [0.2, 0.25) is 0 Å². The summed E-state index contributed by atoms with van der Waals surface area (Å²) in [4.78, 5) is 34.1. The molecule has 2 N–H and O–H groups in total. The number of ether oxygens (including phenoxy) is 4. The molecule has 1 aromatic rings. The molecule has 0 aliphatic heterocycles. The summed E-state index contributed by atoms with van der Waals surface area (Å²) in [5, 5.41) is 0. The second-order valence-electron chi connectivity index (χ2n) is 4.21. The summed E-state index contributed by atoms with van der Waals surface area (Å²) in [6.07, 6.45) is 0. The number of esters is 1. The first kappa shape index (κ1) is 18.1. The lowest BCUT2D eigenvalue weighted by Crippen LogP contribution is -2.42. The molecule has 1 rings (SSSR count). The quantitative estimate of drug-likeness (QED) is 0.560. The van der Waals surface area contributed by atoms with Crippen LogP contribution < -0.4 is 25.1 Å². The number of hydrogen-bond donors (Lipinski definition) is 2. The maximum absolute atomic E-state index is 12.1. The Kier molecular flexibility index (Phi) is 6.66. The van der Waals surface area contributed by atoms with Gasteiger partial charge in [0, 0.05) is 19.1 Å². The fraction of sp³-hybridized carbons (Fsp3) is 0.357. The third-order valence-electron chi connectivity index (χ3n) is 2.64. The average molecular weight is 326 g/mol. The zero-order valence-corrected chi connectivity index (χ0v) is 13.2. The van der Waals surface area contributed by atoms with Gasteiger partial charge in [-0.2, -0.15) is 0 Å². The van der Waals surface area contributed by atoms with E-state index in [9.17, 15) is 14.4 Å². The summed E-state index contributed by atoms with van der Waals surface area (Å²) in [5.41, 5.74) is 4.21. The van der Waals surface area contributed by atoms with Crippen LogP contribution in [-0.2, 0) is 14.3 Å². The van der Waals surface area contributed by atoms with Gasteiger partial charge < -0.3 is 18.9 Å². The van der Waals surface area contributed by atoms with Crippen LogP contribution in [0.3, 0.4) is 0 Å². The molecule has 23 heavy (non-hydrogen) atoms. The van der Waals surface area contributed by atoms with Crippen molar-refractivity contribution in [3.05, 3.63) is 17.7 Å². The molecule has 9 nitrogen and oxygen atoms in total. The van der Waals surface area contributed by atoms with Gasteiger partial charge in [0.25, 0.3) is 5.91 Å². The first-order chi connectivity index (χ1) is 10.9. The molecule has 0 aromatic heterocycles. The third-order valence-corrected chi connectivity index (χ3v) is 2.64. The van der Waals surface area contributed by atoms with Gasteiger partial charge in [-0.1, -0.05) is 0 Å². The van der Waals surface area contributed by atoms with E-state index >= 15 is 0 Å². The molecule has 0 radical (unpaired) electrons. The lowest BCUT2D eigenvalue weighted by atomic mass is 10.1. The standard InChI is InChI=1S/C14H18N2O7/c1-8(17)15-16-13(18)7-23-14(19)9-5-11(21-3)12(22-4)6-10(9)20-2/h5-6H,7H2,1-4H3,(H,15,17)(H,16,18). The Labute approximate surface area is 132 Å². The van der Waals surface area contributed by atoms with Gasteiger partial charge in [-0.05, 0) is 0 Å². The van der Waals surface area contributed by atoms with Crippen molar-refractivity contribution in [2.75, 3.05) is 27.9 Å². The highest BCUT2D eigenvalue weighted by Crippen LogP contribution is 2.34. The first-order valence-electron chi connectivity index (χ1n) is 6.45. The molecule has 0 heterocycles. The Bertz CT molecular complexity index is 601. The van der Waals surface area contributed by atoms with Crippen molar-refractivity contribution in [2.24, 2.45) is 0 Å². The largest absolute Gasteiger partial charge is 0.496 e. The van der Waals surface area contributed by atoms with Crippen LogP contribution in [0.1, 0.15) is 17.3 Å². The number of carbonyl (C=O) groups is 3. The zero-order valence-electron chi connectivity index (χ0n) is 13.2. The lowest BCUT2D eigenvalue weighted by molar-refractivity contribution is -0.129. The van der Waals surface area contributed by atoms with Crippen LogP contribution in [0.4, 0.5) is 0 Å². The third kappa shape index (κ3) is 5.06. The van der Waals surface area contributed by atoms with E-state index in [0.29, 0.717) is 11.5 Å². The second-order valence-corrected chi connectivity index (χ2v) is 4.21. The summed E-state index contributed by atoms with van der Waals surface area (Å²) < 4.78 is 20.2. The summed E-state index contributed by atoms with van der Waals surface area (Å²) >= 11 is 0. The van der Waals surface area contributed by atoms with Crippen molar-refractivity contribution < 1.29 is 33.3 Å². The monoisotopic (exact) mass is 326 g/mol. The molecule has 126 valence electrons. The Morgan fingerprint density at radius 3 is 2.00 bits per heavy atom. The minimum absolute atomic E-state index is 0.0671. The smallest absolute Gasteiger partial charge is 0.342 e. The first-order valence-corrected chi connectivity index (χ1v) is 6.45. The molecule has 0 aliphatic rings. The van der Waals surface area contributed by atoms with Gasteiger partial charge in [0.2, 0.25) is 5.91 Å². The van der Waals surface area contributed by atoms with E-state index in [-0.39, 0.29) is 11.3 Å². The molecule has 0 fully saturated rings. The minimum atomic E-state index is -0.791.